The van der Waals surface area contributed by atoms with Crippen molar-refractivity contribution >= 4 is 29.3 Å². The zero-order chi connectivity index (χ0) is 17.6. The van der Waals surface area contributed by atoms with Gasteiger partial charge in [0.2, 0.25) is 11.8 Å². The minimum absolute atomic E-state index is 0.0266. The first-order valence-corrected chi connectivity index (χ1v) is 10.2. The molecule has 2 N–H and O–H groups in total. The van der Waals surface area contributed by atoms with Crippen LogP contribution in [0.1, 0.15) is 25.3 Å². The summed E-state index contributed by atoms with van der Waals surface area (Å²) in [5, 5.41) is 5.76. The molecule has 1 aromatic carbocycles. The Kier molecular flexibility index (Phi) is 6.24. The van der Waals surface area contributed by atoms with Gasteiger partial charge in [-0.3, -0.25) is 9.59 Å². The number of rotatable bonds is 7. The van der Waals surface area contributed by atoms with Crippen LogP contribution in [-0.4, -0.2) is 43.0 Å². The van der Waals surface area contributed by atoms with Crippen molar-refractivity contribution in [3.8, 4) is 0 Å². The summed E-state index contributed by atoms with van der Waals surface area (Å²) >= 11 is 2.01. The quantitative estimate of drug-likeness (QED) is 0.780. The monoisotopic (exact) mass is 361 g/mol. The number of carbonyl (C=O) groups excluding carboxylic acids is 2. The van der Waals surface area contributed by atoms with Gasteiger partial charge in [0, 0.05) is 55.7 Å². The number of nitrogens with one attached hydrogen (secondary N) is 2. The van der Waals surface area contributed by atoms with Crippen LogP contribution in [0.15, 0.2) is 24.3 Å². The molecular formula is C19H27N3O2S. The van der Waals surface area contributed by atoms with Crippen LogP contribution >= 0.6 is 11.8 Å². The lowest BCUT2D eigenvalue weighted by Crippen LogP contribution is -2.32. The van der Waals surface area contributed by atoms with E-state index in [9.17, 15) is 9.59 Å². The van der Waals surface area contributed by atoms with Gasteiger partial charge < -0.3 is 15.5 Å². The topological polar surface area (TPSA) is 61.4 Å². The standard InChI is InChI=1S/C19H27N3O2S/c1-14-12-17(14)19(24)20-7-6-18(23)21-13-15-2-4-16(5-3-15)22-8-10-25-11-9-22/h2-5,14,17H,6-13H2,1H3,(H,20,24)(H,21,23). The fourth-order valence-corrected chi connectivity index (χ4v) is 3.96. The van der Waals surface area contributed by atoms with Gasteiger partial charge in [-0.15, -0.1) is 0 Å². The van der Waals surface area contributed by atoms with E-state index in [0.717, 1.165) is 25.1 Å². The maximum absolute atomic E-state index is 11.9. The van der Waals surface area contributed by atoms with E-state index in [1.807, 2.05) is 11.8 Å². The third-order valence-electron chi connectivity index (χ3n) is 4.90. The fourth-order valence-electron chi connectivity index (χ4n) is 3.05. The summed E-state index contributed by atoms with van der Waals surface area (Å²) < 4.78 is 0. The van der Waals surface area contributed by atoms with Crippen LogP contribution in [0, 0.1) is 11.8 Å². The zero-order valence-corrected chi connectivity index (χ0v) is 15.6. The van der Waals surface area contributed by atoms with Crippen LogP contribution in [0.5, 0.6) is 0 Å². The molecule has 0 radical (unpaired) electrons. The highest BCUT2D eigenvalue weighted by molar-refractivity contribution is 7.99. The van der Waals surface area contributed by atoms with E-state index in [1.165, 1.54) is 17.2 Å². The fraction of sp³-hybridized carbons (Fsp3) is 0.579. The van der Waals surface area contributed by atoms with Gasteiger partial charge in [-0.2, -0.15) is 11.8 Å². The van der Waals surface area contributed by atoms with Gasteiger partial charge in [0.25, 0.3) is 0 Å². The largest absolute Gasteiger partial charge is 0.370 e. The molecule has 1 aromatic rings. The lowest BCUT2D eigenvalue weighted by atomic mass is 10.2. The molecule has 3 rings (SSSR count). The minimum Gasteiger partial charge on any atom is -0.370 e. The zero-order valence-electron chi connectivity index (χ0n) is 14.8. The van der Waals surface area contributed by atoms with Crippen LogP contribution in [0.25, 0.3) is 0 Å². The molecule has 5 nitrogen and oxygen atoms in total. The first-order chi connectivity index (χ1) is 12.1. The molecule has 2 aliphatic rings. The van der Waals surface area contributed by atoms with Crippen molar-refractivity contribution in [2.45, 2.75) is 26.3 Å². The number of hydrogen-bond acceptors (Lipinski definition) is 4. The maximum Gasteiger partial charge on any atom is 0.223 e. The van der Waals surface area contributed by atoms with Gasteiger partial charge in [0.15, 0.2) is 0 Å². The molecule has 1 saturated heterocycles. The summed E-state index contributed by atoms with van der Waals surface area (Å²) in [6.45, 7) is 5.23. The molecule has 1 aliphatic carbocycles. The Labute approximate surface area is 153 Å². The number of amides is 2. The first-order valence-electron chi connectivity index (χ1n) is 9.09. The van der Waals surface area contributed by atoms with E-state index in [0.29, 0.717) is 25.4 Å². The van der Waals surface area contributed by atoms with Crippen LogP contribution in [-0.2, 0) is 16.1 Å². The number of nitrogens with zero attached hydrogens (tertiary/aromatic N) is 1. The molecule has 136 valence electrons. The van der Waals surface area contributed by atoms with E-state index in [-0.39, 0.29) is 17.7 Å². The van der Waals surface area contributed by atoms with E-state index in [4.69, 9.17) is 0 Å². The van der Waals surface area contributed by atoms with Crippen LogP contribution in [0.4, 0.5) is 5.69 Å². The minimum atomic E-state index is -0.0266. The van der Waals surface area contributed by atoms with E-state index in [2.05, 4.69) is 46.7 Å². The predicted molar refractivity (Wildman–Crippen MR) is 103 cm³/mol. The second-order valence-electron chi connectivity index (χ2n) is 6.90. The van der Waals surface area contributed by atoms with Gasteiger partial charge in [-0.05, 0) is 30.0 Å². The molecule has 6 heteroatoms. The number of thioether (sulfide) groups is 1. The average molecular weight is 362 g/mol. The van der Waals surface area contributed by atoms with Crippen molar-refractivity contribution in [2.24, 2.45) is 11.8 Å². The number of benzene rings is 1. The summed E-state index contributed by atoms with van der Waals surface area (Å²) in [6, 6.07) is 8.42. The summed E-state index contributed by atoms with van der Waals surface area (Å²) in [6.07, 6.45) is 1.31. The van der Waals surface area contributed by atoms with Gasteiger partial charge in [0.05, 0.1) is 0 Å². The third kappa shape index (κ3) is 5.39. The molecule has 0 aromatic heterocycles. The van der Waals surface area contributed by atoms with E-state index >= 15 is 0 Å². The highest BCUT2D eigenvalue weighted by Crippen LogP contribution is 2.37. The van der Waals surface area contributed by atoms with E-state index < -0.39 is 0 Å². The van der Waals surface area contributed by atoms with Gasteiger partial charge in [0.1, 0.15) is 0 Å². The molecule has 2 amide bonds. The van der Waals surface area contributed by atoms with Crippen molar-refractivity contribution in [1.82, 2.24) is 10.6 Å². The number of hydrogen-bond donors (Lipinski definition) is 2. The summed E-state index contributed by atoms with van der Waals surface area (Å²) in [5.74, 6) is 3.11. The molecule has 2 fully saturated rings. The number of anilines is 1. The Bertz CT molecular complexity index is 599. The molecule has 2 unspecified atom stereocenters. The van der Waals surface area contributed by atoms with Gasteiger partial charge >= 0.3 is 0 Å². The van der Waals surface area contributed by atoms with Crippen molar-refractivity contribution in [3.63, 3.8) is 0 Å². The van der Waals surface area contributed by atoms with Crippen LogP contribution < -0.4 is 15.5 Å². The first kappa shape index (κ1) is 18.1. The highest BCUT2D eigenvalue weighted by Gasteiger charge is 2.38. The normalized spacial score (nSPS) is 22.4. The van der Waals surface area contributed by atoms with Gasteiger partial charge in [-0.1, -0.05) is 19.1 Å². The van der Waals surface area contributed by atoms with Crippen LogP contribution in [0.3, 0.4) is 0 Å². The van der Waals surface area contributed by atoms with Crippen molar-refractivity contribution in [2.75, 3.05) is 36.0 Å². The lowest BCUT2D eigenvalue weighted by molar-refractivity contribution is -0.123. The Balaban J connectivity index is 1.34. The second-order valence-corrected chi connectivity index (χ2v) is 8.13. The molecule has 1 aliphatic heterocycles. The molecule has 1 saturated carbocycles. The molecule has 2 atom stereocenters. The Morgan fingerprint density at radius 2 is 1.84 bits per heavy atom. The Morgan fingerprint density at radius 1 is 1.16 bits per heavy atom. The van der Waals surface area contributed by atoms with Crippen molar-refractivity contribution < 1.29 is 9.59 Å². The van der Waals surface area contributed by atoms with Crippen molar-refractivity contribution in [1.29, 1.82) is 0 Å². The Hall–Kier alpha value is -1.69. The average Bonchev–Trinajstić information content (AvgIpc) is 3.38. The Morgan fingerprint density at radius 3 is 2.48 bits per heavy atom. The summed E-state index contributed by atoms with van der Waals surface area (Å²) in [4.78, 5) is 26.0. The molecule has 1 heterocycles. The van der Waals surface area contributed by atoms with Gasteiger partial charge in [-0.25, -0.2) is 0 Å². The summed E-state index contributed by atoms with van der Waals surface area (Å²) in [7, 11) is 0. The highest BCUT2D eigenvalue weighted by atomic mass is 32.2. The SMILES string of the molecule is CC1CC1C(=O)NCCC(=O)NCc1ccc(N2CCSCC2)cc1. The lowest BCUT2D eigenvalue weighted by Gasteiger charge is -2.28. The van der Waals surface area contributed by atoms with E-state index in [1.54, 1.807) is 0 Å². The molecule has 25 heavy (non-hydrogen) atoms. The smallest absolute Gasteiger partial charge is 0.223 e. The molecule has 0 bridgehead atoms. The maximum atomic E-state index is 11.9. The van der Waals surface area contributed by atoms with Crippen molar-refractivity contribution in [3.05, 3.63) is 29.8 Å². The molecular weight excluding hydrogens is 334 g/mol. The number of carbonyl (C=O) groups is 2. The third-order valence-corrected chi connectivity index (χ3v) is 5.84. The summed E-state index contributed by atoms with van der Waals surface area (Å²) in [5.41, 5.74) is 2.35. The molecule has 0 spiro atoms. The van der Waals surface area contributed by atoms with Crippen LogP contribution in [0.2, 0.25) is 0 Å². The second kappa shape index (κ2) is 8.61. The predicted octanol–water partition coefficient (Wildman–Crippen LogP) is 2.02.